The maximum atomic E-state index is 12.9. The third-order valence-electron chi connectivity index (χ3n) is 5.74. The molecule has 6 heteroatoms. The molecule has 4 heterocycles. The fraction of sp³-hybridized carbons (Fsp3) is 0.273. The molecule has 0 spiro atoms. The molecule has 1 amide bonds. The zero-order valence-electron chi connectivity index (χ0n) is 15.4. The molecule has 2 bridgehead atoms. The van der Waals surface area contributed by atoms with Crippen LogP contribution in [0.1, 0.15) is 28.5 Å². The van der Waals surface area contributed by atoms with Gasteiger partial charge in [-0.2, -0.15) is 0 Å². The quantitative estimate of drug-likeness (QED) is 0.693. The fourth-order valence-electron chi connectivity index (χ4n) is 4.61. The van der Waals surface area contributed by atoms with E-state index >= 15 is 0 Å². The van der Waals surface area contributed by atoms with E-state index in [1.165, 1.54) is 6.20 Å². The van der Waals surface area contributed by atoms with E-state index in [0.29, 0.717) is 25.3 Å². The molecule has 1 fully saturated rings. The number of rotatable bonds is 2. The van der Waals surface area contributed by atoms with Crippen molar-refractivity contribution in [1.82, 2.24) is 19.4 Å². The summed E-state index contributed by atoms with van der Waals surface area (Å²) >= 11 is 0. The summed E-state index contributed by atoms with van der Waals surface area (Å²) in [7, 11) is 0. The summed E-state index contributed by atoms with van der Waals surface area (Å²) in [4.78, 5) is 35.6. The van der Waals surface area contributed by atoms with Crippen molar-refractivity contribution in [2.45, 2.75) is 18.9 Å². The average molecular weight is 372 g/mol. The van der Waals surface area contributed by atoms with Crippen LogP contribution in [-0.2, 0) is 6.54 Å². The predicted molar refractivity (Wildman–Crippen MR) is 105 cm³/mol. The second-order valence-electron chi connectivity index (χ2n) is 7.55. The highest BCUT2D eigenvalue weighted by atomic mass is 16.2. The Labute approximate surface area is 162 Å². The van der Waals surface area contributed by atoms with E-state index in [1.807, 2.05) is 33.7 Å². The first kappa shape index (κ1) is 16.9. The monoisotopic (exact) mass is 372 g/mol. The standard InChI is InChI=1S/C22H20N4O2/c27-20-7-6-18(16-4-2-1-3-5-16)21-17-10-15(13-26(20)21)12-25(14-17)22(28)19-11-23-8-9-24-19/h1-9,11,15,17H,10,12-14H2. The van der Waals surface area contributed by atoms with E-state index in [9.17, 15) is 9.59 Å². The van der Waals surface area contributed by atoms with Crippen LogP contribution in [0.3, 0.4) is 0 Å². The van der Waals surface area contributed by atoms with E-state index in [-0.39, 0.29) is 23.3 Å². The highest BCUT2D eigenvalue weighted by molar-refractivity contribution is 5.92. The van der Waals surface area contributed by atoms with E-state index < -0.39 is 0 Å². The van der Waals surface area contributed by atoms with Crippen LogP contribution in [0.4, 0.5) is 0 Å². The third kappa shape index (κ3) is 2.81. The van der Waals surface area contributed by atoms with Crippen LogP contribution >= 0.6 is 0 Å². The van der Waals surface area contributed by atoms with E-state index in [1.54, 1.807) is 18.5 Å². The topological polar surface area (TPSA) is 68.1 Å². The minimum atomic E-state index is -0.0872. The third-order valence-corrected chi connectivity index (χ3v) is 5.74. The Morgan fingerprint density at radius 3 is 2.64 bits per heavy atom. The highest BCUT2D eigenvalue weighted by Gasteiger charge is 2.38. The molecule has 0 aliphatic carbocycles. The number of hydrogen-bond acceptors (Lipinski definition) is 4. The van der Waals surface area contributed by atoms with Crippen molar-refractivity contribution >= 4 is 5.91 Å². The molecule has 2 atom stereocenters. The van der Waals surface area contributed by atoms with Crippen molar-refractivity contribution in [1.29, 1.82) is 0 Å². The molecule has 1 saturated heterocycles. The lowest BCUT2D eigenvalue weighted by Gasteiger charge is -2.43. The van der Waals surface area contributed by atoms with Gasteiger partial charge in [-0.1, -0.05) is 30.3 Å². The Bertz CT molecular complexity index is 1080. The SMILES string of the molecule is O=C(c1cnccn1)N1CC2CC(C1)c1c(-c3ccccc3)ccc(=O)n1C2. The number of amides is 1. The van der Waals surface area contributed by atoms with Crippen LogP contribution in [0.2, 0.25) is 0 Å². The lowest BCUT2D eigenvalue weighted by atomic mass is 9.80. The van der Waals surface area contributed by atoms with Gasteiger partial charge < -0.3 is 9.47 Å². The summed E-state index contributed by atoms with van der Waals surface area (Å²) in [6, 6.07) is 13.7. The molecule has 1 aromatic carbocycles. The Morgan fingerprint density at radius 1 is 1.00 bits per heavy atom. The molecule has 0 N–H and O–H groups in total. The summed E-state index contributed by atoms with van der Waals surface area (Å²) in [6.45, 7) is 1.89. The number of piperidine rings is 1. The second kappa shape index (κ2) is 6.71. The van der Waals surface area contributed by atoms with Crippen LogP contribution in [0.5, 0.6) is 0 Å². The Balaban J connectivity index is 1.55. The normalized spacial score (nSPS) is 20.5. The van der Waals surface area contributed by atoms with E-state index in [4.69, 9.17) is 0 Å². The number of hydrogen-bond donors (Lipinski definition) is 0. The first-order valence-corrected chi connectivity index (χ1v) is 9.55. The molecule has 2 aromatic heterocycles. The number of carbonyl (C=O) groups excluding carboxylic acids is 1. The number of aromatic nitrogens is 3. The Morgan fingerprint density at radius 2 is 1.86 bits per heavy atom. The highest BCUT2D eigenvalue weighted by Crippen LogP contribution is 2.40. The first-order chi connectivity index (χ1) is 13.7. The predicted octanol–water partition coefficient (Wildman–Crippen LogP) is 2.56. The molecule has 2 aliphatic rings. The molecule has 0 radical (unpaired) electrons. The van der Waals surface area contributed by atoms with Gasteiger partial charge in [-0.25, -0.2) is 4.98 Å². The van der Waals surface area contributed by atoms with Gasteiger partial charge in [0.2, 0.25) is 0 Å². The molecule has 5 rings (SSSR count). The summed E-state index contributed by atoms with van der Waals surface area (Å²) in [5.74, 6) is 0.323. The number of benzene rings is 1. The van der Waals surface area contributed by atoms with Crippen molar-refractivity contribution < 1.29 is 4.79 Å². The van der Waals surface area contributed by atoms with Gasteiger partial charge in [0.1, 0.15) is 5.69 Å². The summed E-state index contributed by atoms with van der Waals surface area (Å²) in [6.07, 6.45) is 5.62. The van der Waals surface area contributed by atoms with Gasteiger partial charge in [0.15, 0.2) is 0 Å². The van der Waals surface area contributed by atoms with E-state index in [0.717, 1.165) is 23.2 Å². The van der Waals surface area contributed by atoms with Crippen molar-refractivity contribution in [2.75, 3.05) is 13.1 Å². The van der Waals surface area contributed by atoms with Gasteiger partial charge in [-0.15, -0.1) is 0 Å². The van der Waals surface area contributed by atoms with Crippen LogP contribution in [0.15, 0.2) is 65.8 Å². The van der Waals surface area contributed by atoms with Gasteiger partial charge in [0, 0.05) is 55.3 Å². The molecule has 6 nitrogen and oxygen atoms in total. The minimum absolute atomic E-state index is 0.0399. The average Bonchev–Trinajstić information content (AvgIpc) is 2.75. The van der Waals surface area contributed by atoms with Gasteiger partial charge in [-0.05, 0) is 24.0 Å². The zero-order valence-corrected chi connectivity index (χ0v) is 15.4. The first-order valence-electron chi connectivity index (χ1n) is 9.55. The van der Waals surface area contributed by atoms with Gasteiger partial charge >= 0.3 is 0 Å². The Hall–Kier alpha value is -3.28. The molecule has 2 aliphatic heterocycles. The number of nitrogens with zero attached hydrogens (tertiary/aromatic N) is 4. The van der Waals surface area contributed by atoms with Crippen molar-refractivity contribution in [3.05, 3.63) is 82.8 Å². The molecular formula is C22H20N4O2. The molecule has 2 unspecified atom stereocenters. The fourth-order valence-corrected chi connectivity index (χ4v) is 4.61. The van der Waals surface area contributed by atoms with Crippen LogP contribution in [-0.4, -0.2) is 38.4 Å². The number of fused-ring (bicyclic) bond motifs is 4. The number of pyridine rings is 1. The lowest BCUT2D eigenvalue weighted by Crippen LogP contribution is -2.49. The van der Waals surface area contributed by atoms with Crippen molar-refractivity contribution in [2.24, 2.45) is 5.92 Å². The molecule has 3 aromatic rings. The van der Waals surface area contributed by atoms with Crippen LogP contribution in [0, 0.1) is 5.92 Å². The smallest absolute Gasteiger partial charge is 0.274 e. The van der Waals surface area contributed by atoms with E-state index in [2.05, 4.69) is 22.1 Å². The van der Waals surface area contributed by atoms with Gasteiger partial charge in [-0.3, -0.25) is 14.6 Å². The molecule has 0 saturated carbocycles. The largest absolute Gasteiger partial charge is 0.336 e. The number of likely N-dealkylation sites (tertiary alicyclic amines) is 1. The minimum Gasteiger partial charge on any atom is -0.336 e. The molecule has 28 heavy (non-hydrogen) atoms. The maximum Gasteiger partial charge on any atom is 0.274 e. The molecule has 140 valence electrons. The maximum absolute atomic E-state index is 12.9. The summed E-state index contributed by atoms with van der Waals surface area (Å²) in [5, 5.41) is 0. The van der Waals surface area contributed by atoms with Gasteiger partial charge in [0.05, 0.1) is 6.20 Å². The van der Waals surface area contributed by atoms with Crippen LogP contribution < -0.4 is 5.56 Å². The van der Waals surface area contributed by atoms with Gasteiger partial charge in [0.25, 0.3) is 11.5 Å². The van der Waals surface area contributed by atoms with Crippen LogP contribution in [0.25, 0.3) is 11.1 Å². The molecular weight excluding hydrogens is 352 g/mol. The lowest BCUT2D eigenvalue weighted by molar-refractivity contribution is 0.0589. The number of carbonyl (C=O) groups is 1. The summed E-state index contributed by atoms with van der Waals surface area (Å²) < 4.78 is 1.92. The summed E-state index contributed by atoms with van der Waals surface area (Å²) in [5.41, 5.74) is 3.64. The van der Waals surface area contributed by atoms with Crippen molar-refractivity contribution in [3.8, 4) is 11.1 Å². The second-order valence-corrected chi connectivity index (χ2v) is 7.55. The Kier molecular flexibility index (Phi) is 4.04. The van der Waals surface area contributed by atoms with Crippen molar-refractivity contribution in [3.63, 3.8) is 0 Å². The zero-order chi connectivity index (χ0) is 19.1.